The Morgan fingerprint density at radius 1 is 0.900 bits per heavy atom. The fourth-order valence-electron chi connectivity index (χ4n) is 2.69. The van der Waals surface area contributed by atoms with Crippen molar-refractivity contribution in [3.63, 3.8) is 0 Å². The van der Waals surface area contributed by atoms with Gasteiger partial charge >= 0.3 is 0 Å². The molecule has 0 aliphatic rings. The molecule has 3 N–H and O–H groups in total. The van der Waals surface area contributed by atoms with Crippen molar-refractivity contribution in [3.8, 4) is 5.75 Å². The molecule has 0 spiro atoms. The minimum absolute atomic E-state index is 0.248. The predicted molar refractivity (Wildman–Crippen MR) is 115 cm³/mol. The molecule has 3 aromatic carbocycles. The first-order valence-electron chi connectivity index (χ1n) is 9.05. The maximum atomic E-state index is 12.2. The topological polar surface area (TPSA) is 114 Å². The van der Waals surface area contributed by atoms with Gasteiger partial charge in [0.1, 0.15) is 5.75 Å². The van der Waals surface area contributed by atoms with E-state index in [9.17, 15) is 18.0 Å². The molecule has 1 unspecified atom stereocenters. The van der Waals surface area contributed by atoms with Crippen LogP contribution in [0, 0.1) is 0 Å². The summed E-state index contributed by atoms with van der Waals surface area (Å²) >= 11 is 0. The average Bonchev–Trinajstić information content (AvgIpc) is 2.71. The summed E-state index contributed by atoms with van der Waals surface area (Å²) in [5.41, 5.74) is 5.20. The molecule has 0 heterocycles. The molecule has 0 saturated carbocycles. The van der Waals surface area contributed by atoms with Crippen LogP contribution in [0.25, 0.3) is 10.8 Å². The van der Waals surface area contributed by atoms with E-state index in [4.69, 9.17) is 4.74 Å². The number of ether oxygens (including phenoxy) is 1. The van der Waals surface area contributed by atoms with Crippen molar-refractivity contribution in [1.82, 2.24) is 10.9 Å². The Morgan fingerprint density at radius 2 is 1.57 bits per heavy atom. The van der Waals surface area contributed by atoms with Gasteiger partial charge in [0.15, 0.2) is 6.10 Å². The van der Waals surface area contributed by atoms with Crippen LogP contribution < -0.4 is 20.3 Å². The van der Waals surface area contributed by atoms with Crippen molar-refractivity contribution in [3.05, 3.63) is 72.3 Å². The number of hydrogen-bond donors (Lipinski definition) is 3. The number of carbonyl (C=O) groups excluding carboxylic acids is 2. The molecule has 0 bridgehead atoms. The van der Waals surface area contributed by atoms with Crippen molar-refractivity contribution in [1.29, 1.82) is 0 Å². The summed E-state index contributed by atoms with van der Waals surface area (Å²) in [6.45, 7) is 1.57. The first-order chi connectivity index (χ1) is 14.2. The van der Waals surface area contributed by atoms with Gasteiger partial charge in [0.05, 0.1) is 6.26 Å². The van der Waals surface area contributed by atoms with Crippen LogP contribution in [0.3, 0.4) is 0 Å². The molecule has 8 nitrogen and oxygen atoms in total. The fraction of sp³-hybridized carbons (Fsp3) is 0.143. The van der Waals surface area contributed by atoms with Gasteiger partial charge in [-0.1, -0.05) is 30.3 Å². The Bertz CT molecular complexity index is 1180. The number of anilines is 1. The number of rotatable bonds is 6. The molecule has 0 fully saturated rings. The zero-order valence-corrected chi connectivity index (χ0v) is 17.2. The van der Waals surface area contributed by atoms with Crippen molar-refractivity contribution >= 4 is 38.3 Å². The Morgan fingerprint density at radius 3 is 2.23 bits per heavy atom. The summed E-state index contributed by atoms with van der Waals surface area (Å²) in [5, 5.41) is 2.05. The van der Waals surface area contributed by atoms with Crippen LogP contribution >= 0.6 is 0 Å². The summed E-state index contributed by atoms with van der Waals surface area (Å²) in [4.78, 5) is 24.4. The summed E-state index contributed by atoms with van der Waals surface area (Å²) in [7, 11) is -3.40. The highest BCUT2D eigenvalue weighted by molar-refractivity contribution is 7.92. The van der Waals surface area contributed by atoms with Crippen molar-refractivity contribution in [2.24, 2.45) is 0 Å². The number of hydrazine groups is 1. The van der Waals surface area contributed by atoms with E-state index < -0.39 is 27.9 Å². The lowest BCUT2D eigenvalue weighted by atomic mass is 10.1. The second-order valence-corrected chi connectivity index (χ2v) is 8.41. The SMILES string of the molecule is CC(Oc1ccc2ccccc2c1)C(=O)NNC(=O)c1ccc(NS(C)(=O)=O)cc1. The third-order valence-electron chi connectivity index (χ3n) is 4.15. The van der Waals surface area contributed by atoms with Crippen LogP contribution in [-0.2, 0) is 14.8 Å². The Balaban J connectivity index is 1.54. The number of sulfonamides is 1. The third kappa shape index (κ3) is 5.71. The van der Waals surface area contributed by atoms with Gasteiger partial charge in [0.25, 0.3) is 11.8 Å². The maximum Gasteiger partial charge on any atom is 0.279 e. The summed E-state index contributed by atoms with van der Waals surface area (Å²) < 4.78 is 30.4. The lowest BCUT2D eigenvalue weighted by Crippen LogP contribution is -2.47. The maximum absolute atomic E-state index is 12.2. The molecule has 1 atom stereocenters. The van der Waals surface area contributed by atoms with Crippen LogP contribution in [-0.4, -0.2) is 32.6 Å². The number of nitrogens with one attached hydrogen (secondary N) is 3. The van der Waals surface area contributed by atoms with E-state index in [2.05, 4.69) is 15.6 Å². The molecule has 3 rings (SSSR count). The summed E-state index contributed by atoms with van der Waals surface area (Å²) in [5.74, 6) is -0.532. The molecule has 156 valence electrons. The van der Waals surface area contributed by atoms with Crippen LogP contribution in [0.15, 0.2) is 66.7 Å². The zero-order chi connectivity index (χ0) is 21.7. The van der Waals surface area contributed by atoms with E-state index in [1.54, 1.807) is 13.0 Å². The van der Waals surface area contributed by atoms with E-state index in [1.807, 2.05) is 36.4 Å². The molecule has 0 radical (unpaired) electrons. The first kappa shape index (κ1) is 21.1. The van der Waals surface area contributed by atoms with Crippen LogP contribution in [0.1, 0.15) is 17.3 Å². The smallest absolute Gasteiger partial charge is 0.279 e. The van der Waals surface area contributed by atoms with Gasteiger partial charge in [-0.2, -0.15) is 0 Å². The molecule has 3 aromatic rings. The number of benzene rings is 3. The fourth-order valence-corrected chi connectivity index (χ4v) is 3.26. The second kappa shape index (κ2) is 8.83. The quantitative estimate of drug-likeness (QED) is 0.523. The molecule has 0 aromatic heterocycles. The zero-order valence-electron chi connectivity index (χ0n) is 16.4. The van der Waals surface area contributed by atoms with Crippen molar-refractivity contribution in [2.75, 3.05) is 11.0 Å². The van der Waals surface area contributed by atoms with E-state index in [0.717, 1.165) is 17.0 Å². The van der Waals surface area contributed by atoms with Crippen molar-refractivity contribution in [2.45, 2.75) is 13.0 Å². The van der Waals surface area contributed by atoms with Gasteiger partial charge in [-0.05, 0) is 54.1 Å². The Hall–Kier alpha value is -3.59. The Labute approximate surface area is 174 Å². The second-order valence-electron chi connectivity index (χ2n) is 6.66. The molecule has 0 aliphatic carbocycles. The van der Waals surface area contributed by atoms with Crippen LogP contribution in [0.5, 0.6) is 5.75 Å². The largest absolute Gasteiger partial charge is 0.481 e. The highest BCUT2D eigenvalue weighted by atomic mass is 32.2. The van der Waals surface area contributed by atoms with Gasteiger partial charge in [-0.25, -0.2) is 8.42 Å². The molecule has 2 amide bonds. The average molecular weight is 427 g/mol. The first-order valence-corrected chi connectivity index (χ1v) is 10.9. The molecular formula is C21H21N3O5S. The molecule has 0 aliphatic heterocycles. The van der Waals surface area contributed by atoms with Gasteiger partial charge in [-0.3, -0.25) is 25.2 Å². The van der Waals surface area contributed by atoms with Gasteiger partial charge < -0.3 is 4.74 Å². The highest BCUT2D eigenvalue weighted by Gasteiger charge is 2.16. The summed E-state index contributed by atoms with van der Waals surface area (Å²) in [6, 6.07) is 19.1. The summed E-state index contributed by atoms with van der Waals surface area (Å²) in [6.07, 6.45) is 0.192. The minimum Gasteiger partial charge on any atom is -0.481 e. The van der Waals surface area contributed by atoms with Gasteiger partial charge in [-0.15, -0.1) is 0 Å². The van der Waals surface area contributed by atoms with Gasteiger partial charge in [0.2, 0.25) is 10.0 Å². The molecule has 30 heavy (non-hydrogen) atoms. The van der Waals surface area contributed by atoms with E-state index >= 15 is 0 Å². The van der Waals surface area contributed by atoms with Crippen LogP contribution in [0.4, 0.5) is 5.69 Å². The lowest BCUT2D eigenvalue weighted by molar-refractivity contribution is -0.128. The number of hydrogen-bond acceptors (Lipinski definition) is 5. The molecule has 9 heteroatoms. The van der Waals surface area contributed by atoms with Gasteiger partial charge in [0, 0.05) is 11.3 Å². The number of carbonyl (C=O) groups is 2. The third-order valence-corrected chi connectivity index (χ3v) is 4.76. The predicted octanol–water partition coefficient (Wildman–Crippen LogP) is 2.44. The van der Waals surface area contributed by atoms with E-state index in [-0.39, 0.29) is 5.56 Å². The normalized spacial score (nSPS) is 12.1. The monoisotopic (exact) mass is 427 g/mol. The highest BCUT2D eigenvalue weighted by Crippen LogP contribution is 2.21. The number of amides is 2. The molecule has 0 saturated heterocycles. The Kier molecular flexibility index (Phi) is 6.22. The lowest BCUT2D eigenvalue weighted by Gasteiger charge is -2.15. The standard InChI is InChI=1S/C21H21N3O5S/c1-14(29-19-12-9-15-5-3-4-6-17(15)13-19)20(25)22-23-21(26)16-7-10-18(11-8-16)24-30(2,27)28/h3-14,24H,1-2H3,(H,22,25)(H,23,26). The van der Waals surface area contributed by atoms with E-state index in [0.29, 0.717) is 11.4 Å². The number of fused-ring (bicyclic) bond motifs is 1. The molecular weight excluding hydrogens is 406 g/mol. The minimum atomic E-state index is -3.40. The van der Waals surface area contributed by atoms with Crippen molar-refractivity contribution < 1.29 is 22.7 Å². The van der Waals surface area contributed by atoms with Crippen LogP contribution in [0.2, 0.25) is 0 Å². The van der Waals surface area contributed by atoms with E-state index in [1.165, 1.54) is 24.3 Å².